The first-order valence-electron chi connectivity index (χ1n) is 8.73. The van der Waals surface area contributed by atoms with Crippen LogP contribution in [0.3, 0.4) is 0 Å². The van der Waals surface area contributed by atoms with Crippen molar-refractivity contribution in [1.29, 1.82) is 0 Å². The summed E-state index contributed by atoms with van der Waals surface area (Å²) in [6.45, 7) is -0.736. The lowest BCUT2D eigenvalue weighted by molar-refractivity contribution is -0.136. The van der Waals surface area contributed by atoms with Crippen LogP contribution in [-0.4, -0.2) is 63.1 Å². The number of ether oxygens (including phenoxy) is 1. The first kappa shape index (κ1) is 20.9. The molecule has 1 aromatic heterocycles. The molecule has 0 unspecified atom stereocenters. The third-order valence-electron chi connectivity index (χ3n) is 3.98. The monoisotopic (exact) mass is 428 g/mol. The lowest BCUT2D eigenvalue weighted by atomic mass is 10.2. The third-order valence-corrected chi connectivity index (χ3v) is 4.31. The summed E-state index contributed by atoms with van der Waals surface area (Å²) in [6.07, 6.45) is 1.39. The second-order valence-electron chi connectivity index (χ2n) is 6.16. The highest BCUT2D eigenvalue weighted by Crippen LogP contribution is 2.20. The molecule has 0 spiro atoms. The van der Waals surface area contributed by atoms with Gasteiger partial charge in [0.1, 0.15) is 6.33 Å². The zero-order chi connectivity index (χ0) is 21.5. The van der Waals surface area contributed by atoms with Gasteiger partial charge in [-0.2, -0.15) is 0 Å². The van der Waals surface area contributed by atoms with Crippen LogP contribution in [0.5, 0.6) is 0 Å². The summed E-state index contributed by atoms with van der Waals surface area (Å²) in [5.41, 5.74) is 1.24. The number of benzene rings is 2. The van der Waals surface area contributed by atoms with Crippen molar-refractivity contribution in [2.24, 2.45) is 0 Å². The second kappa shape index (κ2) is 9.61. The molecule has 154 valence electrons. The molecule has 2 amide bonds. The smallest absolute Gasteiger partial charge is 0.338 e. The molecule has 10 nitrogen and oxygen atoms in total. The molecule has 1 N–H and O–H groups in total. The van der Waals surface area contributed by atoms with E-state index in [4.69, 9.17) is 16.3 Å². The first-order valence-corrected chi connectivity index (χ1v) is 9.10. The third kappa shape index (κ3) is 5.39. The number of rotatable bonds is 7. The quantitative estimate of drug-likeness (QED) is 0.567. The van der Waals surface area contributed by atoms with Gasteiger partial charge in [-0.3, -0.25) is 9.59 Å². The van der Waals surface area contributed by atoms with Gasteiger partial charge in [0.15, 0.2) is 6.61 Å². The number of anilines is 1. The van der Waals surface area contributed by atoms with Gasteiger partial charge in [-0.1, -0.05) is 29.8 Å². The van der Waals surface area contributed by atoms with E-state index >= 15 is 0 Å². The van der Waals surface area contributed by atoms with Gasteiger partial charge in [0.05, 0.1) is 28.5 Å². The number of nitrogens with one attached hydrogen (secondary N) is 1. The Kier molecular flexibility index (Phi) is 6.71. The number of hydrogen-bond acceptors (Lipinski definition) is 7. The van der Waals surface area contributed by atoms with E-state index in [2.05, 4.69) is 20.8 Å². The molecule has 11 heteroatoms. The highest BCUT2D eigenvalue weighted by Gasteiger charge is 2.17. The molecule has 30 heavy (non-hydrogen) atoms. The zero-order valence-electron chi connectivity index (χ0n) is 15.9. The van der Waals surface area contributed by atoms with E-state index in [1.54, 1.807) is 42.5 Å². The molecule has 0 aliphatic carbocycles. The average Bonchev–Trinajstić information content (AvgIpc) is 3.28. The van der Waals surface area contributed by atoms with Gasteiger partial charge in [0.2, 0.25) is 5.91 Å². The molecule has 0 bridgehead atoms. The van der Waals surface area contributed by atoms with Crippen LogP contribution in [0.25, 0.3) is 5.69 Å². The maximum absolute atomic E-state index is 12.2. The maximum atomic E-state index is 12.2. The molecule has 0 aliphatic heterocycles. The van der Waals surface area contributed by atoms with E-state index in [9.17, 15) is 14.4 Å². The largest absolute Gasteiger partial charge is 0.452 e. The van der Waals surface area contributed by atoms with Crippen LogP contribution in [0.2, 0.25) is 5.02 Å². The van der Waals surface area contributed by atoms with Crippen LogP contribution < -0.4 is 5.32 Å². The fourth-order valence-corrected chi connectivity index (χ4v) is 2.61. The van der Waals surface area contributed by atoms with Crippen LogP contribution in [0, 0.1) is 0 Å². The minimum absolute atomic E-state index is 0.226. The molecule has 0 fully saturated rings. The van der Waals surface area contributed by atoms with Gasteiger partial charge in [-0.05, 0) is 40.8 Å². The summed E-state index contributed by atoms with van der Waals surface area (Å²) in [6, 6.07) is 13.2. The van der Waals surface area contributed by atoms with Crippen LogP contribution in [0.15, 0.2) is 54.9 Å². The van der Waals surface area contributed by atoms with E-state index < -0.39 is 24.4 Å². The summed E-state index contributed by atoms with van der Waals surface area (Å²) >= 11 is 5.99. The fourth-order valence-electron chi connectivity index (χ4n) is 2.43. The van der Waals surface area contributed by atoms with Gasteiger partial charge < -0.3 is 15.0 Å². The Morgan fingerprint density at radius 3 is 2.70 bits per heavy atom. The normalized spacial score (nSPS) is 10.3. The highest BCUT2D eigenvalue weighted by atomic mass is 35.5. The van der Waals surface area contributed by atoms with Crippen molar-refractivity contribution >= 4 is 35.1 Å². The Bertz CT molecular complexity index is 1060. The van der Waals surface area contributed by atoms with E-state index in [1.165, 1.54) is 24.1 Å². The summed E-state index contributed by atoms with van der Waals surface area (Å²) in [4.78, 5) is 37.7. The number of carbonyl (C=O) groups is 3. The number of likely N-dealkylation sites (N-methyl/N-ethyl adjacent to an activating group) is 1. The van der Waals surface area contributed by atoms with Crippen molar-refractivity contribution in [3.63, 3.8) is 0 Å². The van der Waals surface area contributed by atoms with E-state index in [0.29, 0.717) is 16.4 Å². The van der Waals surface area contributed by atoms with Crippen molar-refractivity contribution in [3.8, 4) is 5.69 Å². The second-order valence-corrected chi connectivity index (χ2v) is 6.57. The van der Waals surface area contributed by atoms with E-state index in [1.807, 2.05) is 0 Å². The number of carbonyl (C=O) groups excluding carboxylic acids is 3. The van der Waals surface area contributed by atoms with E-state index in [-0.39, 0.29) is 12.1 Å². The number of amides is 2. The highest BCUT2D eigenvalue weighted by molar-refractivity contribution is 6.33. The Balaban J connectivity index is 1.51. The van der Waals surface area contributed by atoms with Crippen LogP contribution in [0.4, 0.5) is 5.69 Å². The molecule has 0 radical (unpaired) electrons. The topological polar surface area (TPSA) is 119 Å². The number of nitrogens with zero attached hydrogens (tertiary/aromatic N) is 5. The molecular weight excluding hydrogens is 412 g/mol. The number of halogens is 1. The molecule has 1 heterocycles. The number of tetrazole rings is 1. The van der Waals surface area contributed by atoms with Crippen molar-refractivity contribution < 1.29 is 19.1 Å². The fraction of sp³-hybridized carbons (Fsp3) is 0.158. The minimum atomic E-state index is -0.688. The Morgan fingerprint density at radius 1 is 1.17 bits per heavy atom. The predicted octanol–water partition coefficient (Wildman–Crippen LogP) is 1.57. The SMILES string of the molecule is CN(CC(=O)Nc1ccccc1Cl)C(=O)COC(=O)c1cccc(-n2cnnn2)c1. The number of hydrogen-bond donors (Lipinski definition) is 1. The Labute approximate surface area is 176 Å². The summed E-state index contributed by atoms with van der Waals surface area (Å²) in [5, 5.41) is 13.8. The van der Waals surface area contributed by atoms with Crippen molar-refractivity contribution in [1.82, 2.24) is 25.1 Å². The van der Waals surface area contributed by atoms with Gasteiger partial charge in [-0.15, -0.1) is 5.10 Å². The molecule has 3 rings (SSSR count). The number of para-hydroxylation sites is 1. The summed E-state index contributed by atoms with van der Waals surface area (Å²) < 4.78 is 6.44. The molecule has 3 aromatic rings. The maximum Gasteiger partial charge on any atom is 0.338 e. The molecule has 0 saturated carbocycles. The molecule has 0 aliphatic rings. The number of esters is 1. The predicted molar refractivity (Wildman–Crippen MR) is 107 cm³/mol. The van der Waals surface area contributed by atoms with Crippen molar-refractivity contribution in [2.75, 3.05) is 25.5 Å². The molecule has 0 saturated heterocycles. The Morgan fingerprint density at radius 2 is 1.97 bits per heavy atom. The molecule has 2 aromatic carbocycles. The van der Waals surface area contributed by atoms with Gasteiger partial charge in [0, 0.05) is 7.05 Å². The zero-order valence-corrected chi connectivity index (χ0v) is 16.6. The minimum Gasteiger partial charge on any atom is -0.452 e. The van der Waals surface area contributed by atoms with E-state index in [0.717, 1.165) is 4.90 Å². The number of aromatic nitrogens is 4. The Hall–Kier alpha value is -3.79. The van der Waals surface area contributed by atoms with Gasteiger partial charge in [-0.25, -0.2) is 9.48 Å². The van der Waals surface area contributed by atoms with Crippen LogP contribution in [-0.2, 0) is 14.3 Å². The van der Waals surface area contributed by atoms with Crippen molar-refractivity contribution in [2.45, 2.75) is 0 Å². The molecule has 0 atom stereocenters. The molecular formula is C19H17ClN6O4. The van der Waals surface area contributed by atoms with Crippen LogP contribution >= 0.6 is 11.6 Å². The van der Waals surface area contributed by atoms with Crippen molar-refractivity contribution in [3.05, 3.63) is 65.4 Å². The van der Waals surface area contributed by atoms with Gasteiger partial charge >= 0.3 is 5.97 Å². The van der Waals surface area contributed by atoms with Crippen LogP contribution in [0.1, 0.15) is 10.4 Å². The summed E-state index contributed by atoms with van der Waals surface area (Å²) in [7, 11) is 1.43. The summed E-state index contributed by atoms with van der Waals surface area (Å²) in [5.74, 6) is -1.65. The lowest BCUT2D eigenvalue weighted by Crippen LogP contribution is -2.37. The standard InChI is InChI=1S/C19H17ClN6O4/c1-25(10-17(27)22-16-8-3-2-7-15(16)20)18(28)11-30-19(29)13-5-4-6-14(9-13)26-12-21-23-24-26/h2-9,12H,10-11H2,1H3,(H,22,27). The first-order chi connectivity index (χ1) is 14.4. The average molecular weight is 429 g/mol. The van der Waals surface area contributed by atoms with Gasteiger partial charge in [0.25, 0.3) is 5.91 Å². The lowest BCUT2D eigenvalue weighted by Gasteiger charge is -2.17.